The van der Waals surface area contributed by atoms with E-state index >= 15 is 0 Å². The second kappa shape index (κ2) is 5.97. The molecule has 1 heterocycles. The normalized spacial score (nSPS) is 11.2. The van der Waals surface area contributed by atoms with E-state index in [9.17, 15) is 13.2 Å². The summed E-state index contributed by atoms with van der Waals surface area (Å²) in [5, 5.41) is 10.0. The highest BCUT2D eigenvalue weighted by Crippen LogP contribution is 2.25. The lowest BCUT2D eigenvalue weighted by Crippen LogP contribution is -2.15. The average molecular weight is 346 g/mol. The van der Waals surface area contributed by atoms with Gasteiger partial charge in [-0.25, -0.2) is 8.42 Å². The van der Waals surface area contributed by atoms with Crippen molar-refractivity contribution in [3.63, 3.8) is 0 Å². The molecule has 1 aromatic heterocycles. The number of sulfone groups is 1. The number of aromatic nitrogens is 2. The Hall–Kier alpha value is -1.70. The summed E-state index contributed by atoms with van der Waals surface area (Å²) in [4.78, 5) is 12.0. The zero-order valence-corrected chi connectivity index (χ0v) is 13.0. The molecule has 0 unspecified atom stereocenters. The summed E-state index contributed by atoms with van der Waals surface area (Å²) in [6.07, 6.45) is 1.06. The largest absolute Gasteiger partial charge is 0.319 e. The molecule has 21 heavy (non-hydrogen) atoms. The Balaban J connectivity index is 2.31. The van der Waals surface area contributed by atoms with Crippen LogP contribution in [0.4, 0.5) is 5.69 Å². The van der Waals surface area contributed by atoms with Gasteiger partial charge < -0.3 is 5.32 Å². The molecule has 0 atom stereocenters. The first-order valence-corrected chi connectivity index (χ1v) is 8.22. The van der Waals surface area contributed by atoms with E-state index in [-0.39, 0.29) is 26.5 Å². The van der Waals surface area contributed by atoms with Gasteiger partial charge in [0.25, 0.3) is 5.91 Å². The number of anilines is 1. The molecular weight excluding hydrogens is 337 g/mol. The molecule has 2 aromatic rings. The van der Waals surface area contributed by atoms with Gasteiger partial charge in [-0.05, 0) is 30.3 Å². The van der Waals surface area contributed by atoms with E-state index in [2.05, 4.69) is 15.5 Å². The molecule has 9 heteroatoms. The quantitative estimate of drug-likeness (QED) is 0.922. The van der Waals surface area contributed by atoms with Crippen LogP contribution in [0.3, 0.4) is 0 Å². The number of carbonyl (C=O) groups is 1. The van der Waals surface area contributed by atoms with Crippen LogP contribution in [0.2, 0.25) is 10.2 Å². The van der Waals surface area contributed by atoms with Gasteiger partial charge in [0.1, 0.15) is 0 Å². The summed E-state index contributed by atoms with van der Waals surface area (Å²) >= 11 is 11.5. The van der Waals surface area contributed by atoms with Crippen molar-refractivity contribution in [1.82, 2.24) is 10.2 Å². The Labute approximate surface area is 131 Å². The van der Waals surface area contributed by atoms with Crippen molar-refractivity contribution in [3.05, 3.63) is 46.2 Å². The van der Waals surface area contributed by atoms with Gasteiger partial charge in [-0.15, -0.1) is 10.2 Å². The first kappa shape index (κ1) is 15.7. The molecule has 0 fully saturated rings. The van der Waals surface area contributed by atoms with Crippen LogP contribution in [-0.4, -0.2) is 30.8 Å². The fourth-order valence-corrected chi connectivity index (χ4v) is 2.37. The second-order valence-electron chi connectivity index (χ2n) is 4.11. The summed E-state index contributed by atoms with van der Waals surface area (Å²) in [6.45, 7) is 0. The first-order valence-electron chi connectivity index (χ1n) is 5.57. The van der Waals surface area contributed by atoms with E-state index in [4.69, 9.17) is 23.2 Å². The van der Waals surface area contributed by atoms with Crippen LogP contribution in [0.5, 0.6) is 0 Å². The number of nitrogens with zero attached hydrogens (tertiary/aromatic N) is 2. The van der Waals surface area contributed by atoms with Gasteiger partial charge in [0, 0.05) is 6.26 Å². The molecule has 0 spiro atoms. The maximum Gasteiger partial charge on any atom is 0.276 e. The number of rotatable bonds is 3. The minimum absolute atomic E-state index is 0.0280. The van der Waals surface area contributed by atoms with Gasteiger partial charge in [0.15, 0.2) is 20.7 Å². The predicted molar refractivity (Wildman–Crippen MR) is 79.6 cm³/mol. The van der Waals surface area contributed by atoms with E-state index in [0.29, 0.717) is 0 Å². The van der Waals surface area contributed by atoms with Crippen LogP contribution >= 0.6 is 23.2 Å². The van der Waals surface area contributed by atoms with Crippen molar-refractivity contribution in [3.8, 4) is 0 Å². The van der Waals surface area contributed by atoms with Crippen LogP contribution in [0, 0.1) is 0 Å². The average Bonchev–Trinajstić information content (AvgIpc) is 2.40. The van der Waals surface area contributed by atoms with Crippen LogP contribution in [0.25, 0.3) is 0 Å². The fraction of sp³-hybridized carbons (Fsp3) is 0.0833. The van der Waals surface area contributed by atoms with E-state index in [1.807, 2.05) is 0 Å². The summed E-state index contributed by atoms with van der Waals surface area (Å²) in [5.41, 5.74) is 0.196. The zero-order valence-electron chi connectivity index (χ0n) is 10.7. The number of carbonyl (C=O) groups excluding carboxylic acids is 1. The molecule has 2 rings (SSSR count). The second-order valence-corrected chi connectivity index (χ2v) is 6.92. The maximum atomic E-state index is 12.0. The molecule has 1 N–H and O–H groups in total. The third-order valence-corrected chi connectivity index (χ3v) is 4.12. The lowest BCUT2D eigenvalue weighted by Gasteiger charge is -2.08. The smallest absolute Gasteiger partial charge is 0.276 e. The van der Waals surface area contributed by atoms with Gasteiger partial charge in [-0.1, -0.05) is 23.2 Å². The van der Waals surface area contributed by atoms with Crippen LogP contribution in [-0.2, 0) is 9.84 Å². The number of benzene rings is 1. The summed E-state index contributed by atoms with van der Waals surface area (Å²) in [6, 6.07) is 6.83. The highest BCUT2D eigenvalue weighted by atomic mass is 35.5. The molecule has 1 aromatic carbocycles. The lowest BCUT2D eigenvalue weighted by molar-refractivity contribution is 0.102. The van der Waals surface area contributed by atoms with E-state index in [1.165, 1.54) is 30.3 Å². The van der Waals surface area contributed by atoms with Gasteiger partial charge in [-0.2, -0.15) is 0 Å². The topological polar surface area (TPSA) is 89.0 Å². The molecule has 0 saturated heterocycles. The van der Waals surface area contributed by atoms with Crippen molar-refractivity contribution in [2.45, 2.75) is 4.90 Å². The van der Waals surface area contributed by atoms with Gasteiger partial charge in [-0.3, -0.25) is 4.79 Å². The van der Waals surface area contributed by atoms with Crippen LogP contribution in [0.15, 0.2) is 35.2 Å². The number of amides is 1. The monoisotopic (exact) mass is 345 g/mol. The minimum atomic E-state index is -3.40. The number of hydrogen-bond acceptors (Lipinski definition) is 5. The summed E-state index contributed by atoms with van der Waals surface area (Å²) in [5.74, 6) is -0.577. The molecule has 0 aliphatic carbocycles. The molecule has 1 amide bonds. The summed E-state index contributed by atoms with van der Waals surface area (Å²) in [7, 11) is -3.40. The highest BCUT2D eigenvalue weighted by molar-refractivity contribution is 7.90. The van der Waals surface area contributed by atoms with Crippen molar-refractivity contribution < 1.29 is 13.2 Å². The van der Waals surface area contributed by atoms with Crippen LogP contribution < -0.4 is 5.32 Å². The minimum Gasteiger partial charge on any atom is -0.319 e. The third kappa shape index (κ3) is 3.90. The van der Waals surface area contributed by atoms with Crippen molar-refractivity contribution in [2.24, 2.45) is 0 Å². The van der Waals surface area contributed by atoms with E-state index in [1.54, 1.807) is 0 Å². The Morgan fingerprint density at radius 3 is 2.43 bits per heavy atom. The molecule has 0 aliphatic rings. The van der Waals surface area contributed by atoms with Gasteiger partial charge in [0.05, 0.1) is 15.6 Å². The highest BCUT2D eigenvalue weighted by Gasteiger charge is 2.14. The maximum absolute atomic E-state index is 12.0. The van der Waals surface area contributed by atoms with Gasteiger partial charge >= 0.3 is 0 Å². The molecule has 110 valence electrons. The molecule has 0 radical (unpaired) electrons. The Bertz CT molecular complexity index is 792. The lowest BCUT2D eigenvalue weighted by atomic mass is 10.3. The summed E-state index contributed by atoms with van der Waals surface area (Å²) < 4.78 is 23.0. The van der Waals surface area contributed by atoms with E-state index < -0.39 is 15.7 Å². The number of halogens is 2. The zero-order chi connectivity index (χ0) is 15.6. The standard InChI is InChI=1S/C12H9Cl2N3O3S/c1-21(19,20)7-2-3-8(13)10(6-7)15-12(18)9-4-5-11(14)17-16-9/h2-6H,1H3,(H,15,18). The van der Waals surface area contributed by atoms with Crippen molar-refractivity contribution >= 4 is 44.6 Å². The molecule has 0 saturated carbocycles. The molecule has 0 bridgehead atoms. The predicted octanol–water partition coefficient (Wildman–Crippen LogP) is 2.44. The fourth-order valence-electron chi connectivity index (χ4n) is 1.45. The van der Waals surface area contributed by atoms with Crippen molar-refractivity contribution in [2.75, 3.05) is 11.6 Å². The SMILES string of the molecule is CS(=O)(=O)c1ccc(Cl)c(NC(=O)c2ccc(Cl)nn2)c1. The Morgan fingerprint density at radius 2 is 1.86 bits per heavy atom. The number of nitrogens with one attached hydrogen (secondary N) is 1. The Morgan fingerprint density at radius 1 is 1.14 bits per heavy atom. The molecule has 0 aliphatic heterocycles. The van der Waals surface area contributed by atoms with Gasteiger partial charge in [0.2, 0.25) is 0 Å². The number of hydrogen-bond donors (Lipinski definition) is 1. The molecular formula is C12H9Cl2N3O3S. The van der Waals surface area contributed by atoms with E-state index in [0.717, 1.165) is 6.26 Å². The first-order chi connectivity index (χ1) is 9.77. The van der Waals surface area contributed by atoms with Crippen molar-refractivity contribution in [1.29, 1.82) is 0 Å². The van der Waals surface area contributed by atoms with Crippen LogP contribution in [0.1, 0.15) is 10.5 Å². The third-order valence-electron chi connectivity index (χ3n) is 2.48. The Kier molecular flexibility index (Phi) is 4.46. The molecule has 6 nitrogen and oxygen atoms in total.